The second-order valence-electron chi connectivity index (χ2n) is 6.98. The predicted molar refractivity (Wildman–Crippen MR) is 106 cm³/mol. The van der Waals surface area contributed by atoms with Crippen LogP contribution in [0.3, 0.4) is 0 Å². The summed E-state index contributed by atoms with van der Waals surface area (Å²) in [5.74, 6) is -0.564. The predicted octanol–water partition coefficient (Wildman–Crippen LogP) is 3.36. The molecule has 0 aromatic heterocycles. The second-order valence-corrected chi connectivity index (χ2v) is 8.92. The van der Waals surface area contributed by atoms with Crippen molar-refractivity contribution in [3.8, 4) is 0 Å². The summed E-state index contributed by atoms with van der Waals surface area (Å²) in [7, 11) is -3.56. The molecule has 0 bridgehead atoms. The van der Waals surface area contributed by atoms with E-state index in [1.807, 2.05) is 0 Å². The van der Waals surface area contributed by atoms with Crippen molar-refractivity contribution in [1.82, 2.24) is 9.62 Å². The number of amides is 1. The monoisotopic (exact) mass is 404 g/mol. The lowest BCUT2D eigenvalue weighted by Crippen LogP contribution is -2.35. The van der Waals surface area contributed by atoms with Crippen LogP contribution in [-0.4, -0.2) is 38.3 Å². The highest BCUT2D eigenvalue weighted by atomic mass is 32.2. The number of nitrogens with zero attached hydrogens (tertiary/aromatic N) is 1. The fraction of sp³-hybridized carbons (Fsp3) is 0.381. The van der Waals surface area contributed by atoms with Crippen LogP contribution in [0.5, 0.6) is 0 Å². The largest absolute Gasteiger partial charge is 0.352 e. The van der Waals surface area contributed by atoms with Gasteiger partial charge in [0.1, 0.15) is 5.82 Å². The van der Waals surface area contributed by atoms with Gasteiger partial charge in [0, 0.05) is 25.2 Å². The van der Waals surface area contributed by atoms with Gasteiger partial charge in [0.15, 0.2) is 0 Å². The SMILES string of the molecule is O=C(NCCCc1ccc(F)cc1)c1cccc(S(=O)(=O)N2CCCCC2)c1. The lowest BCUT2D eigenvalue weighted by molar-refractivity contribution is 0.0953. The normalized spacial score (nSPS) is 15.3. The maximum absolute atomic E-state index is 12.9. The van der Waals surface area contributed by atoms with Gasteiger partial charge in [-0.05, 0) is 61.6 Å². The van der Waals surface area contributed by atoms with Crippen LogP contribution in [0.4, 0.5) is 4.39 Å². The fourth-order valence-electron chi connectivity index (χ4n) is 3.30. The number of benzene rings is 2. The maximum atomic E-state index is 12.9. The third-order valence-corrected chi connectivity index (χ3v) is 6.78. The number of sulfonamides is 1. The van der Waals surface area contributed by atoms with Gasteiger partial charge in [-0.2, -0.15) is 4.31 Å². The molecule has 1 amide bonds. The van der Waals surface area contributed by atoms with Gasteiger partial charge in [0.25, 0.3) is 5.91 Å². The summed E-state index contributed by atoms with van der Waals surface area (Å²) in [6, 6.07) is 12.5. The average molecular weight is 405 g/mol. The van der Waals surface area contributed by atoms with Crippen LogP contribution in [0.25, 0.3) is 0 Å². The molecule has 1 aliphatic heterocycles. The smallest absolute Gasteiger partial charge is 0.251 e. The molecule has 1 saturated heterocycles. The molecule has 0 aliphatic carbocycles. The zero-order valence-corrected chi connectivity index (χ0v) is 16.6. The van der Waals surface area contributed by atoms with Crippen molar-refractivity contribution in [3.05, 3.63) is 65.5 Å². The molecule has 3 rings (SSSR count). The standard InChI is InChI=1S/C21H25FN2O3S/c22-19-11-9-17(10-12-19)6-5-13-23-21(25)18-7-4-8-20(16-18)28(26,27)24-14-2-1-3-15-24/h4,7-12,16H,1-3,5-6,13-15H2,(H,23,25). The molecule has 2 aromatic rings. The number of carbonyl (C=O) groups is 1. The van der Waals surface area contributed by atoms with Crippen molar-refractivity contribution in [2.75, 3.05) is 19.6 Å². The summed E-state index contributed by atoms with van der Waals surface area (Å²) < 4.78 is 39.9. The zero-order valence-electron chi connectivity index (χ0n) is 15.7. The van der Waals surface area contributed by atoms with Gasteiger partial charge < -0.3 is 5.32 Å². The Morgan fingerprint density at radius 1 is 1.04 bits per heavy atom. The average Bonchev–Trinajstić information content (AvgIpc) is 2.73. The number of piperidine rings is 1. The quantitative estimate of drug-likeness (QED) is 0.720. The molecule has 2 aromatic carbocycles. The third kappa shape index (κ3) is 5.17. The van der Waals surface area contributed by atoms with Gasteiger partial charge in [0.2, 0.25) is 10.0 Å². The van der Waals surface area contributed by atoms with E-state index in [0.29, 0.717) is 31.6 Å². The van der Waals surface area contributed by atoms with Crippen LogP contribution >= 0.6 is 0 Å². The zero-order chi connectivity index (χ0) is 20.0. The summed E-state index contributed by atoms with van der Waals surface area (Å²) in [5, 5.41) is 2.82. The van der Waals surface area contributed by atoms with Crippen molar-refractivity contribution in [2.45, 2.75) is 37.0 Å². The molecule has 1 fully saturated rings. The first-order valence-corrected chi connectivity index (χ1v) is 11.0. The Kier molecular flexibility index (Phi) is 6.80. The first kappa shape index (κ1) is 20.5. The highest BCUT2D eigenvalue weighted by molar-refractivity contribution is 7.89. The van der Waals surface area contributed by atoms with Gasteiger partial charge in [-0.3, -0.25) is 4.79 Å². The number of aryl methyl sites for hydroxylation is 1. The Morgan fingerprint density at radius 3 is 2.46 bits per heavy atom. The summed E-state index contributed by atoms with van der Waals surface area (Å²) >= 11 is 0. The number of rotatable bonds is 7. The van der Waals surface area contributed by atoms with Crippen LogP contribution in [0.15, 0.2) is 53.4 Å². The van der Waals surface area contributed by atoms with E-state index in [4.69, 9.17) is 0 Å². The molecule has 0 radical (unpaired) electrons. The summed E-state index contributed by atoms with van der Waals surface area (Å²) in [6.07, 6.45) is 4.22. The highest BCUT2D eigenvalue weighted by Gasteiger charge is 2.26. The Labute approximate surface area is 165 Å². The number of carbonyl (C=O) groups excluding carboxylic acids is 1. The van der Waals surface area contributed by atoms with Crippen LogP contribution in [0.1, 0.15) is 41.6 Å². The molecule has 1 heterocycles. The van der Waals surface area contributed by atoms with Crippen LogP contribution in [0.2, 0.25) is 0 Å². The van der Waals surface area contributed by atoms with E-state index in [-0.39, 0.29) is 16.6 Å². The van der Waals surface area contributed by atoms with E-state index < -0.39 is 10.0 Å². The maximum Gasteiger partial charge on any atom is 0.251 e. The molecule has 7 heteroatoms. The van der Waals surface area contributed by atoms with Crippen LogP contribution in [0, 0.1) is 5.82 Å². The molecule has 28 heavy (non-hydrogen) atoms. The van der Waals surface area contributed by atoms with E-state index in [2.05, 4.69) is 5.32 Å². The molecule has 0 spiro atoms. The Bertz CT molecular complexity index is 908. The number of nitrogens with one attached hydrogen (secondary N) is 1. The molecular formula is C21H25FN2O3S. The van der Waals surface area contributed by atoms with Crippen molar-refractivity contribution in [2.24, 2.45) is 0 Å². The van der Waals surface area contributed by atoms with Gasteiger partial charge >= 0.3 is 0 Å². The van der Waals surface area contributed by atoms with E-state index in [0.717, 1.165) is 31.2 Å². The van der Waals surface area contributed by atoms with Gasteiger partial charge in [-0.1, -0.05) is 24.6 Å². The molecule has 1 aliphatic rings. The number of halogens is 1. The van der Waals surface area contributed by atoms with Gasteiger partial charge in [0.05, 0.1) is 4.90 Å². The fourth-order valence-corrected chi connectivity index (χ4v) is 4.86. The topological polar surface area (TPSA) is 66.5 Å². The van der Waals surface area contributed by atoms with Crippen molar-refractivity contribution >= 4 is 15.9 Å². The van der Waals surface area contributed by atoms with E-state index in [1.165, 1.54) is 28.6 Å². The Morgan fingerprint density at radius 2 is 1.75 bits per heavy atom. The third-order valence-electron chi connectivity index (χ3n) is 4.89. The molecule has 5 nitrogen and oxygen atoms in total. The van der Waals surface area contributed by atoms with Crippen molar-refractivity contribution in [3.63, 3.8) is 0 Å². The molecule has 0 saturated carbocycles. The van der Waals surface area contributed by atoms with Crippen LogP contribution < -0.4 is 5.32 Å². The van der Waals surface area contributed by atoms with E-state index >= 15 is 0 Å². The number of hydrogen-bond acceptors (Lipinski definition) is 3. The Balaban J connectivity index is 1.56. The number of hydrogen-bond donors (Lipinski definition) is 1. The first-order chi connectivity index (χ1) is 13.5. The minimum atomic E-state index is -3.56. The van der Waals surface area contributed by atoms with Crippen molar-refractivity contribution < 1.29 is 17.6 Å². The van der Waals surface area contributed by atoms with Gasteiger partial charge in [-0.25, -0.2) is 12.8 Å². The molecular weight excluding hydrogens is 379 g/mol. The highest BCUT2D eigenvalue weighted by Crippen LogP contribution is 2.21. The van der Waals surface area contributed by atoms with E-state index in [9.17, 15) is 17.6 Å². The first-order valence-electron chi connectivity index (χ1n) is 9.60. The van der Waals surface area contributed by atoms with E-state index in [1.54, 1.807) is 24.3 Å². The molecule has 150 valence electrons. The minimum absolute atomic E-state index is 0.161. The molecule has 0 atom stereocenters. The summed E-state index contributed by atoms with van der Waals surface area (Å²) in [6.45, 7) is 1.52. The minimum Gasteiger partial charge on any atom is -0.352 e. The molecule has 0 unspecified atom stereocenters. The van der Waals surface area contributed by atoms with Crippen molar-refractivity contribution in [1.29, 1.82) is 0 Å². The Hall–Kier alpha value is -2.25. The summed E-state index contributed by atoms with van der Waals surface area (Å²) in [4.78, 5) is 12.5. The lowest BCUT2D eigenvalue weighted by atomic mass is 10.1. The van der Waals surface area contributed by atoms with Gasteiger partial charge in [-0.15, -0.1) is 0 Å². The van der Waals surface area contributed by atoms with Crippen LogP contribution in [-0.2, 0) is 16.4 Å². The lowest BCUT2D eigenvalue weighted by Gasteiger charge is -2.26. The molecule has 1 N–H and O–H groups in total. The summed E-state index contributed by atoms with van der Waals surface area (Å²) in [5.41, 5.74) is 1.34. The second kappa shape index (κ2) is 9.30.